The van der Waals surface area contributed by atoms with Gasteiger partial charge in [-0.1, -0.05) is 0 Å². The Labute approximate surface area is 131 Å². The number of ether oxygens (including phenoxy) is 1. The van der Waals surface area contributed by atoms with Gasteiger partial charge in [-0.25, -0.2) is 0 Å². The number of rotatable bonds is 6. The van der Waals surface area contributed by atoms with Crippen molar-refractivity contribution in [3.8, 4) is 5.75 Å². The van der Waals surface area contributed by atoms with Gasteiger partial charge in [-0.2, -0.15) is 0 Å². The summed E-state index contributed by atoms with van der Waals surface area (Å²) in [7, 11) is 3.34. The molecule has 0 aliphatic carbocycles. The molecule has 6 nitrogen and oxygen atoms in total. The van der Waals surface area contributed by atoms with Crippen LogP contribution >= 0.6 is 12.4 Å². The molecule has 7 heteroatoms. The highest BCUT2D eigenvalue weighted by atomic mass is 35.5. The number of benzene rings is 1. The highest BCUT2D eigenvalue weighted by Crippen LogP contribution is 2.26. The van der Waals surface area contributed by atoms with Gasteiger partial charge in [-0.15, -0.1) is 12.4 Å². The summed E-state index contributed by atoms with van der Waals surface area (Å²) in [6.07, 6.45) is 0.220. The van der Waals surface area contributed by atoms with E-state index in [0.29, 0.717) is 23.6 Å². The number of nitrogens with two attached hydrogens (primary N) is 1. The number of halogens is 1. The van der Waals surface area contributed by atoms with Crippen LogP contribution in [0, 0.1) is 0 Å². The van der Waals surface area contributed by atoms with Crippen LogP contribution in [0.25, 0.3) is 0 Å². The third kappa shape index (κ3) is 5.61. The second kappa shape index (κ2) is 9.20. The van der Waals surface area contributed by atoms with Gasteiger partial charge in [0.1, 0.15) is 5.75 Å². The van der Waals surface area contributed by atoms with E-state index in [0.717, 1.165) is 0 Å². The maximum atomic E-state index is 11.9. The van der Waals surface area contributed by atoms with Crippen LogP contribution in [0.2, 0.25) is 0 Å². The van der Waals surface area contributed by atoms with Gasteiger partial charge in [0.25, 0.3) is 5.91 Å². The fourth-order valence-corrected chi connectivity index (χ4v) is 1.64. The number of hydrogen-bond acceptors (Lipinski definition) is 4. The first-order valence-corrected chi connectivity index (χ1v) is 6.48. The van der Waals surface area contributed by atoms with Crippen molar-refractivity contribution in [1.29, 1.82) is 0 Å². The van der Waals surface area contributed by atoms with Crippen LogP contribution in [0.4, 0.5) is 5.69 Å². The Balaban J connectivity index is 0.00000400. The third-order valence-electron chi connectivity index (χ3n) is 2.58. The topological polar surface area (TPSA) is 84.7 Å². The molecule has 0 unspecified atom stereocenters. The molecule has 21 heavy (non-hydrogen) atoms. The molecule has 3 N–H and O–H groups in total. The highest BCUT2D eigenvalue weighted by molar-refractivity contribution is 5.98. The number of anilines is 1. The Kier molecular flexibility index (Phi) is 8.42. The summed E-state index contributed by atoms with van der Waals surface area (Å²) < 4.78 is 5.44. The van der Waals surface area contributed by atoms with Crippen molar-refractivity contribution >= 4 is 29.9 Å². The van der Waals surface area contributed by atoms with Gasteiger partial charge < -0.3 is 20.7 Å². The minimum absolute atomic E-state index is 0. The molecular formula is C14H22ClN3O3. The number of hydrogen-bond donors (Lipinski definition) is 2. The molecule has 1 aromatic rings. The van der Waals surface area contributed by atoms with E-state index in [9.17, 15) is 9.59 Å². The Bertz CT molecular complexity index is 492. The molecule has 0 saturated carbocycles. The molecule has 0 aliphatic heterocycles. The fourth-order valence-electron chi connectivity index (χ4n) is 1.64. The average Bonchev–Trinajstić information content (AvgIpc) is 2.40. The number of amides is 2. The van der Waals surface area contributed by atoms with Crippen LogP contribution in [0.3, 0.4) is 0 Å². The predicted octanol–water partition coefficient (Wildman–Crippen LogP) is 1.50. The second-order valence-corrected chi connectivity index (χ2v) is 4.43. The summed E-state index contributed by atoms with van der Waals surface area (Å²) in [5, 5.41) is 2.72. The zero-order valence-electron chi connectivity index (χ0n) is 12.5. The molecule has 0 heterocycles. The Morgan fingerprint density at radius 1 is 1.33 bits per heavy atom. The smallest absolute Gasteiger partial charge is 0.253 e. The van der Waals surface area contributed by atoms with E-state index in [1.54, 1.807) is 32.3 Å². The Hall–Kier alpha value is -1.79. The van der Waals surface area contributed by atoms with E-state index in [1.165, 1.54) is 4.90 Å². The Morgan fingerprint density at radius 3 is 2.52 bits per heavy atom. The van der Waals surface area contributed by atoms with E-state index in [4.69, 9.17) is 10.5 Å². The summed E-state index contributed by atoms with van der Waals surface area (Å²) in [6, 6.07) is 4.96. The molecule has 0 aliphatic rings. The van der Waals surface area contributed by atoms with E-state index < -0.39 is 0 Å². The van der Waals surface area contributed by atoms with Crippen molar-refractivity contribution in [3.63, 3.8) is 0 Å². The van der Waals surface area contributed by atoms with Crippen LogP contribution in [-0.2, 0) is 4.79 Å². The van der Waals surface area contributed by atoms with Crippen molar-refractivity contribution in [1.82, 2.24) is 4.90 Å². The van der Waals surface area contributed by atoms with Crippen LogP contribution in [0.1, 0.15) is 23.7 Å². The maximum Gasteiger partial charge on any atom is 0.253 e. The summed E-state index contributed by atoms with van der Waals surface area (Å²) in [6.45, 7) is 2.59. The average molecular weight is 316 g/mol. The first-order valence-electron chi connectivity index (χ1n) is 6.48. The molecule has 0 radical (unpaired) electrons. The van der Waals surface area contributed by atoms with Gasteiger partial charge in [0.15, 0.2) is 0 Å². The fraction of sp³-hybridized carbons (Fsp3) is 0.429. The summed E-state index contributed by atoms with van der Waals surface area (Å²) in [5.74, 6) is 0.193. The van der Waals surface area contributed by atoms with Gasteiger partial charge in [0.2, 0.25) is 5.91 Å². The van der Waals surface area contributed by atoms with E-state index in [1.807, 2.05) is 6.92 Å². The predicted molar refractivity (Wildman–Crippen MR) is 85.2 cm³/mol. The van der Waals surface area contributed by atoms with Crippen molar-refractivity contribution in [2.75, 3.05) is 32.6 Å². The summed E-state index contributed by atoms with van der Waals surface area (Å²) in [5.41, 5.74) is 6.32. The zero-order valence-corrected chi connectivity index (χ0v) is 13.3. The largest absolute Gasteiger partial charge is 0.492 e. The molecule has 0 aromatic heterocycles. The van der Waals surface area contributed by atoms with E-state index in [-0.39, 0.29) is 37.2 Å². The zero-order chi connectivity index (χ0) is 15.1. The Morgan fingerprint density at radius 2 is 2.00 bits per heavy atom. The lowest BCUT2D eigenvalue weighted by atomic mass is 10.1. The number of carbonyl (C=O) groups is 2. The molecule has 0 spiro atoms. The molecule has 0 bridgehead atoms. The van der Waals surface area contributed by atoms with Gasteiger partial charge in [0.05, 0.1) is 12.3 Å². The van der Waals surface area contributed by atoms with Crippen molar-refractivity contribution in [2.24, 2.45) is 5.73 Å². The molecule has 1 aromatic carbocycles. The quantitative estimate of drug-likeness (QED) is 0.833. The highest BCUT2D eigenvalue weighted by Gasteiger charge is 2.13. The minimum atomic E-state index is -0.206. The van der Waals surface area contributed by atoms with Gasteiger partial charge in [-0.05, 0) is 25.1 Å². The molecule has 0 saturated heterocycles. The first-order chi connectivity index (χ1) is 9.49. The molecule has 1 rings (SSSR count). The SMILES string of the molecule is CCOc1ccc(C(=O)N(C)C)cc1NC(=O)CCN.Cl. The lowest BCUT2D eigenvalue weighted by Gasteiger charge is -2.15. The van der Waals surface area contributed by atoms with Crippen LogP contribution in [0.5, 0.6) is 5.75 Å². The molecular weight excluding hydrogens is 294 g/mol. The normalized spacial score (nSPS) is 9.52. The standard InChI is InChI=1S/C14H21N3O3.ClH/c1-4-20-12-6-5-10(14(19)17(2)3)9-11(12)16-13(18)7-8-15;/h5-6,9H,4,7-8,15H2,1-3H3,(H,16,18);1H. The lowest BCUT2D eigenvalue weighted by molar-refractivity contribution is -0.116. The first kappa shape index (κ1) is 19.2. The molecule has 118 valence electrons. The van der Waals surface area contributed by atoms with Crippen LogP contribution < -0.4 is 15.8 Å². The van der Waals surface area contributed by atoms with E-state index in [2.05, 4.69) is 5.32 Å². The number of carbonyl (C=O) groups excluding carboxylic acids is 2. The number of nitrogens with one attached hydrogen (secondary N) is 1. The van der Waals surface area contributed by atoms with Crippen LogP contribution in [0.15, 0.2) is 18.2 Å². The minimum Gasteiger partial charge on any atom is -0.492 e. The van der Waals surface area contributed by atoms with Crippen LogP contribution in [-0.4, -0.2) is 44.0 Å². The maximum absolute atomic E-state index is 11.9. The van der Waals surface area contributed by atoms with E-state index >= 15 is 0 Å². The monoisotopic (exact) mass is 315 g/mol. The van der Waals surface area contributed by atoms with Crippen molar-refractivity contribution in [2.45, 2.75) is 13.3 Å². The second-order valence-electron chi connectivity index (χ2n) is 4.43. The van der Waals surface area contributed by atoms with Gasteiger partial charge in [-0.3, -0.25) is 9.59 Å². The van der Waals surface area contributed by atoms with Crippen molar-refractivity contribution < 1.29 is 14.3 Å². The summed E-state index contributed by atoms with van der Waals surface area (Å²) in [4.78, 5) is 25.0. The molecule has 0 atom stereocenters. The van der Waals surface area contributed by atoms with Gasteiger partial charge >= 0.3 is 0 Å². The molecule has 2 amide bonds. The van der Waals surface area contributed by atoms with Gasteiger partial charge in [0, 0.05) is 32.6 Å². The van der Waals surface area contributed by atoms with Crippen molar-refractivity contribution in [3.05, 3.63) is 23.8 Å². The summed E-state index contributed by atoms with van der Waals surface area (Å²) >= 11 is 0. The third-order valence-corrected chi connectivity index (χ3v) is 2.58. The molecule has 0 fully saturated rings. The lowest BCUT2D eigenvalue weighted by Crippen LogP contribution is -2.22. The number of nitrogens with zero attached hydrogens (tertiary/aromatic N) is 1.